The van der Waals surface area contributed by atoms with Crippen LogP contribution in [0.1, 0.15) is 48.1 Å². The minimum Gasteiger partial charge on any atom is -0.399 e. The van der Waals surface area contributed by atoms with Crippen molar-refractivity contribution in [2.75, 3.05) is 12.3 Å². The molecule has 2 aromatic rings. The fourth-order valence-electron chi connectivity index (χ4n) is 4.17. The standard InChI is InChI=1S/C21H22BrF3N2/c1-11-7-15-12(2)18(26)4-3-14(15)20(27(11)10-21(25)5-6-21)19-16(23)8-13(22)9-17(19)24/h3-4,8-9,11,20H,5-7,10,26H2,1-2H3/t11-,20?/m1/s1. The SMILES string of the molecule is Cc1c(N)ccc2c1C[C@@H](C)N(CC1(F)CC1)C2c1c(F)cc(Br)cc1F. The first-order chi connectivity index (χ1) is 12.7. The van der Waals surface area contributed by atoms with Crippen LogP contribution in [0.25, 0.3) is 0 Å². The average Bonchev–Trinajstić information content (AvgIpc) is 3.31. The highest BCUT2D eigenvalue weighted by Crippen LogP contribution is 2.47. The van der Waals surface area contributed by atoms with E-state index in [2.05, 4.69) is 15.9 Å². The van der Waals surface area contributed by atoms with E-state index in [1.165, 1.54) is 12.1 Å². The molecular weight excluding hydrogens is 417 g/mol. The van der Waals surface area contributed by atoms with Crippen molar-refractivity contribution in [1.82, 2.24) is 4.90 Å². The number of alkyl halides is 1. The Morgan fingerprint density at radius 3 is 2.44 bits per heavy atom. The Hall–Kier alpha value is -1.53. The third kappa shape index (κ3) is 3.27. The maximum Gasteiger partial charge on any atom is 0.132 e. The summed E-state index contributed by atoms with van der Waals surface area (Å²) in [7, 11) is 0. The van der Waals surface area contributed by atoms with E-state index in [1.807, 2.05) is 24.8 Å². The van der Waals surface area contributed by atoms with E-state index in [-0.39, 0.29) is 18.2 Å². The number of nitrogens with two attached hydrogens (primary N) is 1. The first kappa shape index (κ1) is 18.8. The molecule has 0 saturated heterocycles. The van der Waals surface area contributed by atoms with Gasteiger partial charge in [-0.05, 0) is 68.0 Å². The number of fused-ring (bicyclic) bond motifs is 1. The van der Waals surface area contributed by atoms with Crippen LogP contribution in [0.5, 0.6) is 0 Å². The average molecular weight is 439 g/mol. The van der Waals surface area contributed by atoms with E-state index >= 15 is 0 Å². The molecular formula is C21H22BrF3N2. The highest BCUT2D eigenvalue weighted by atomic mass is 79.9. The van der Waals surface area contributed by atoms with Crippen LogP contribution in [-0.2, 0) is 6.42 Å². The molecule has 0 spiro atoms. The fraction of sp³-hybridized carbons (Fsp3) is 0.429. The Balaban J connectivity index is 1.92. The van der Waals surface area contributed by atoms with Crippen molar-refractivity contribution >= 4 is 21.6 Å². The van der Waals surface area contributed by atoms with Gasteiger partial charge in [0.25, 0.3) is 0 Å². The van der Waals surface area contributed by atoms with Crippen molar-refractivity contribution in [2.45, 2.75) is 50.9 Å². The first-order valence-corrected chi connectivity index (χ1v) is 9.96. The highest BCUT2D eigenvalue weighted by molar-refractivity contribution is 9.10. The van der Waals surface area contributed by atoms with Crippen molar-refractivity contribution in [3.05, 3.63) is 62.6 Å². The number of benzene rings is 2. The normalized spacial score (nSPS) is 23.9. The van der Waals surface area contributed by atoms with Gasteiger partial charge in [-0.15, -0.1) is 0 Å². The van der Waals surface area contributed by atoms with Gasteiger partial charge in [0.2, 0.25) is 0 Å². The number of nitrogen functional groups attached to an aromatic ring is 1. The number of rotatable bonds is 3. The number of nitrogens with zero attached hydrogens (tertiary/aromatic N) is 1. The Labute approximate surface area is 165 Å². The lowest BCUT2D eigenvalue weighted by atomic mass is 9.82. The van der Waals surface area contributed by atoms with E-state index in [1.54, 1.807) is 6.07 Å². The van der Waals surface area contributed by atoms with Crippen LogP contribution in [0, 0.1) is 18.6 Å². The van der Waals surface area contributed by atoms with Crippen molar-refractivity contribution in [2.24, 2.45) is 0 Å². The van der Waals surface area contributed by atoms with Crippen LogP contribution < -0.4 is 5.73 Å². The maximum absolute atomic E-state index is 14.9. The zero-order chi connectivity index (χ0) is 19.5. The molecule has 4 rings (SSSR count). The zero-order valence-electron chi connectivity index (χ0n) is 15.3. The summed E-state index contributed by atoms with van der Waals surface area (Å²) in [4.78, 5) is 1.92. The number of halogens is 4. The Kier molecular flexibility index (Phi) is 4.54. The van der Waals surface area contributed by atoms with E-state index < -0.39 is 23.3 Å². The molecule has 0 bridgehead atoms. The lowest BCUT2D eigenvalue weighted by molar-refractivity contribution is 0.0947. The molecule has 0 aromatic heterocycles. The van der Waals surface area contributed by atoms with E-state index in [0.717, 1.165) is 16.7 Å². The van der Waals surface area contributed by atoms with Gasteiger partial charge in [0.05, 0.1) is 6.04 Å². The second kappa shape index (κ2) is 6.52. The van der Waals surface area contributed by atoms with Crippen LogP contribution in [0.2, 0.25) is 0 Å². The summed E-state index contributed by atoms with van der Waals surface area (Å²) in [6.07, 6.45) is 1.68. The number of hydrogen-bond donors (Lipinski definition) is 1. The molecule has 1 saturated carbocycles. The Morgan fingerprint density at radius 1 is 1.22 bits per heavy atom. The number of anilines is 1. The summed E-state index contributed by atoms with van der Waals surface area (Å²) in [6.45, 7) is 4.09. The quantitative estimate of drug-likeness (QED) is 0.644. The molecule has 2 aliphatic rings. The highest BCUT2D eigenvalue weighted by Gasteiger charge is 2.48. The van der Waals surface area contributed by atoms with Crippen molar-refractivity contribution in [3.8, 4) is 0 Å². The molecule has 2 N–H and O–H groups in total. The number of hydrogen-bond acceptors (Lipinski definition) is 2. The van der Waals surface area contributed by atoms with Gasteiger partial charge in [0, 0.05) is 28.3 Å². The Morgan fingerprint density at radius 2 is 1.85 bits per heavy atom. The summed E-state index contributed by atoms with van der Waals surface area (Å²) >= 11 is 3.14. The molecule has 2 aromatic carbocycles. The van der Waals surface area contributed by atoms with Gasteiger partial charge < -0.3 is 5.73 Å². The van der Waals surface area contributed by atoms with Crippen LogP contribution in [0.4, 0.5) is 18.9 Å². The molecule has 0 amide bonds. The monoisotopic (exact) mass is 438 g/mol. The van der Waals surface area contributed by atoms with Gasteiger partial charge in [-0.1, -0.05) is 22.0 Å². The molecule has 6 heteroatoms. The topological polar surface area (TPSA) is 29.3 Å². The molecule has 1 unspecified atom stereocenters. The smallest absolute Gasteiger partial charge is 0.132 e. The minimum atomic E-state index is -1.25. The van der Waals surface area contributed by atoms with Crippen LogP contribution in [-0.4, -0.2) is 23.2 Å². The van der Waals surface area contributed by atoms with Gasteiger partial charge >= 0.3 is 0 Å². The van der Waals surface area contributed by atoms with Crippen LogP contribution in [0.15, 0.2) is 28.7 Å². The molecule has 1 aliphatic carbocycles. The molecule has 1 fully saturated rings. The van der Waals surface area contributed by atoms with Gasteiger partial charge in [-0.25, -0.2) is 13.2 Å². The zero-order valence-corrected chi connectivity index (χ0v) is 16.9. The predicted octanol–water partition coefficient (Wildman–Crippen LogP) is 5.46. The predicted molar refractivity (Wildman–Crippen MR) is 104 cm³/mol. The van der Waals surface area contributed by atoms with Crippen molar-refractivity contribution < 1.29 is 13.2 Å². The third-order valence-electron chi connectivity index (χ3n) is 5.94. The van der Waals surface area contributed by atoms with E-state index in [0.29, 0.717) is 29.4 Å². The summed E-state index contributed by atoms with van der Waals surface area (Å²) in [6, 6.07) is 5.40. The van der Waals surface area contributed by atoms with E-state index in [4.69, 9.17) is 5.73 Å². The minimum absolute atomic E-state index is 0.0283. The molecule has 2 atom stereocenters. The molecule has 27 heavy (non-hydrogen) atoms. The second-order valence-corrected chi connectivity index (χ2v) is 8.83. The van der Waals surface area contributed by atoms with Gasteiger partial charge in [-0.3, -0.25) is 4.90 Å². The lowest BCUT2D eigenvalue weighted by Crippen LogP contribution is -2.46. The summed E-state index contributed by atoms with van der Waals surface area (Å²) < 4.78 is 44.8. The largest absolute Gasteiger partial charge is 0.399 e. The van der Waals surface area contributed by atoms with Gasteiger partial charge in [0.15, 0.2) is 0 Å². The van der Waals surface area contributed by atoms with Crippen molar-refractivity contribution in [1.29, 1.82) is 0 Å². The molecule has 144 valence electrons. The third-order valence-corrected chi connectivity index (χ3v) is 6.40. The summed E-state index contributed by atoms with van der Waals surface area (Å²) in [5, 5.41) is 0. The van der Waals surface area contributed by atoms with Crippen LogP contribution >= 0.6 is 15.9 Å². The molecule has 1 aliphatic heterocycles. The molecule has 2 nitrogen and oxygen atoms in total. The van der Waals surface area contributed by atoms with Gasteiger partial charge in [-0.2, -0.15) is 0 Å². The summed E-state index contributed by atoms with van der Waals surface area (Å²) in [5.41, 5.74) is 8.20. The Bertz CT molecular complexity index is 888. The molecule has 1 heterocycles. The van der Waals surface area contributed by atoms with Gasteiger partial charge in [0.1, 0.15) is 17.3 Å². The first-order valence-electron chi connectivity index (χ1n) is 9.17. The second-order valence-electron chi connectivity index (χ2n) is 7.91. The fourth-order valence-corrected chi connectivity index (χ4v) is 4.57. The maximum atomic E-state index is 14.9. The molecule has 0 radical (unpaired) electrons. The van der Waals surface area contributed by atoms with E-state index in [9.17, 15) is 13.2 Å². The lowest BCUT2D eigenvalue weighted by Gasteiger charge is -2.43. The van der Waals surface area contributed by atoms with Crippen molar-refractivity contribution in [3.63, 3.8) is 0 Å². The van der Waals surface area contributed by atoms with Crippen LogP contribution in [0.3, 0.4) is 0 Å². The summed E-state index contributed by atoms with van der Waals surface area (Å²) in [5.74, 6) is -1.26.